The van der Waals surface area contributed by atoms with Gasteiger partial charge < -0.3 is 20.5 Å². The van der Waals surface area contributed by atoms with E-state index < -0.39 is 6.03 Å². The standard InChI is InChI=1S/C28H29N9O3/c1-28(2,3)20-14-21(35-40-20)33-27(39)32-18-10-12-19(13-11-18)37-25-22(24(29)30-15-31-25)23(34-37)16-6-8-17(9-7-16)26(38)36(4)5/h6-15H,1-5H3,(H2,29,30,31)(H2,32,33,35,39). The molecule has 4 N–H and O–H groups in total. The number of amides is 3. The lowest BCUT2D eigenvalue weighted by Gasteiger charge is -2.12. The molecule has 40 heavy (non-hydrogen) atoms. The predicted molar refractivity (Wildman–Crippen MR) is 152 cm³/mol. The van der Waals surface area contributed by atoms with E-state index in [1.165, 1.54) is 11.2 Å². The van der Waals surface area contributed by atoms with E-state index in [1.54, 1.807) is 61.2 Å². The lowest BCUT2D eigenvalue weighted by atomic mass is 9.93. The van der Waals surface area contributed by atoms with Gasteiger partial charge in [-0.1, -0.05) is 38.1 Å². The van der Waals surface area contributed by atoms with E-state index >= 15 is 0 Å². The van der Waals surface area contributed by atoms with Crippen molar-refractivity contribution in [2.75, 3.05) is 30.5 Å². The highest BCUT2D eigenvalue weighted by molar-refractivity contribution is 6.01. The van der Waals surface area contributed by atoms with E-state index in [4.69, 9.17) is 15.4 Å². The van der Waals surface area contributed by atoms with Gasteiger partial charge in [0.15, 0.2) is 11.5 Å². The summed E-state index contributed by atoms with van der Waals surface area (Å²) in [6.45, 7) is 5.99. The number of nitrogens with two attached hydrogens (primary N) is 1. The minimum absolute atomic E-state index is 0.0946. The SMILES string of the molecule is CN(C)C(=O)c1ccc(-c2nn(-c3ccc(NC(=O)Nc4cc(C(C)(C)C)on4)cc3)c3ncnc(N)c23)cc1. The summed E-state index contributed by atoms with van der Waals surface area (Å²) in [6.07, 6.45) is 1.38. The van der Waals surface area contributed by atoms with Crippen molar-refractivity contribution in [1.29, 1.82) is 0 Å². The van der Waals surface area contributed by atoms with Crippen LogP contribution in [0.4, 0.5) is 22.1 Å². The second-order valence-corrected chi connectivity index (χ2v) is 10.4. The Labute approximate surface area is 230 Å². The van der Waals surface area contributed by atoms with Crippen LogP contribution in [0.25, 0.3) is 28.0 Å². The molecule has 3 aromatic heterocycles. The number of aromatic nitrogens is 5. The lowest BCUT2D eigenvalue weighted by molar-refractivity contribution is 0.0827. The van der Waals surface area contributed by atoms with Gasteiger partial charge in [-0.3, -0.25) is 10.1 Å². The molecule has 3 heterocycles. The highest BCUT2D eigenvalue weighted by Gasteiger charge is 2.21. The Morgan fingerprint density at radius 2 is 1.68 bits per heavy atom. The fourth-order valence-electron chi connectivity index (χ4n) is 4.04. The van der Waals surface area contributed by atoms with Gasteiger partial charge in [0, 0.05) is 42.4 Å². The fraction of sp³-hybridized carbons (Fsp3) is 0.214. The number of urea groups is 1. The molecule has 0 aliphatic heterocycles. The van der Waals surface area contributed by atoms with Crippen LogP contribution in [0.2, 0.25) is 0 Å². The first kappa shape index (κ1) is 26.4. The van der Waals surface area contributed by atoms with Gasteiger partial charge >= 0.3 is 6.03 Å². The number of hydrogen-bond donors (Lipinski definition) is 3. The molecule has 0 fully saturated rings. The Bertz CT molecular complexity index is 1700. The van der Waals surface area contributed by atoms with Crippen molar-refractivity contribution in [2.45, 2.75) is 26.2 Å². The Balaban J connectivity index is 1.39. The lowest BCUT2D eigenvalue weighted by Crippen LogP contribution is -2.21. The van der Waals surface area contributed by atoms with Crippen molar-refractivity contribution in [2.24, 2.45) is 0 Å². The van der Waals surface area contributed by atoms with E-state index in [0.717, 1.165) is 5.56 Å². The third kappa shape index (κ3) is 5.19. The fourth-order valence-corrected chi connectivity index (χ4v) is 4.04. The monoisotopic (exact) mass is 539 g/mol. The van der Waals surface area contributed by atoms with E-state index in [2.05, 4.69) is 25.8 Å². The van der Waals surface area contributed by atoms with Crippen LogP contribution in [0.1, 0.15) is 36.9 Å². The van der Waals surface area contributed by atoms with Gasteiger partial charge in [0.2, 0.25) is 0 Å². The quantitative estimate of drug-likeness (QED) is 0.290. The zero-order chi connectivity index (χ0) is 28.6. The number of rotatable bonds is 5. The maximum Gasteiger partial charge on any atom is 0.324 e. The minimum atomic E-state index is -0.454. The smallest absolute Gasteiger partial charge is 0.324 e. The second kappa shape index (κ2) is 10.1. The molecule has 12 nitrogen and oxygen atoms in total. The first-order valence-electron chi connectivity index (χ1n) is 12.5. The van der Waals surface area contributed by atoms with Gasteiger partial charge in [0.1, 0.15) is 23.6 Å². The number of carbonyl (C=O) groups is 2. The first-order chi connectivity index (χ1) is 19.0. The summed E-state index contributed by atoms with van der Waals surface area (Å²) in [5.41, 5.74) is 9.71. The number of hydrogen-bond acceptors (Lipinski definition) is 8. The molecule has 5 rings (SSSR count). The summed E-state index contributed by atoms with van der Waals surface area (Å²) in [4.78, 5) is 34.9. The summed E-state index contributed by atoms with van der Waals surface area (Å²) in [6, 6.07) is 15.5. The molecule has 0 radical (unpaired) electrons. The van der Waals surface area contributed by atoms with Gasteiger partial charge in [0.05, 0.1) is 11.1 Å². The maximum atomic E-state index is 12.5. The Morgan fingerprint density at radius 1 is 0.975 bits per heavy atom. The highest BCUT2D eigenvalue weighted by atomic mass is 16.5. The number of fused-ring (bicyclic) bond motifs is 1. The molecule has 0 saturated heterocycles. The van der Waals surface area contributed by atoms with Gasteiger partial charge in [-0.15, -0.1) is 0 Å². The van der Waals surface area contributed by atoms with Crippen molar-refractivity contribution in [3.63, 3.8) is 0 Å². The Morgan fingerprint density at radius 3 is 2.30 bits per heavy atom. The Hall–Kier alpha value is -5.26. The zero-order valence-corrected chi connectivity index (χ0v) is 22.8. The van der Waals surface area contributed by atoms with Crippen molar-refractivity contribution >= 4 is 40.3 Å². The number of carbonyl (C=O) groups excluding carboxylic acids is 2. The third-order valence-electron chi connectivity index (χ3n) is 6.17. The van der Waals surface area contributed by atoms with E-state index in [9.17, 15) is 9.59 Å². The van der Waals surface area contributed by atoms with E-state index in [1.807, 2.05) is 32.9 Å². The topological polar surface area (TPSA) is 157 Å². The maximum absolute atomic E-state index is 12.5. The summed E-state index contributed by atoms with van der Waals surface area (Å²) in [7, 11) is 3.41. The molecule has 0 unspecified atom stereocenters. The van der Waals surface area contributed by atoms with Crippen LogP contribution in [0, 0.1) is 0 Å². The number of benzene rings is 2. The van der Waals surface area contributed by atoms with E-state index in [0.29, 0.717) is 45.2 Å². The van der Waals surface area contributed by atoms with Crippen molar-refractivity contribution in [3.05, 3.63) is 72.2 Å². The largest absolute Gasteiger partial charge is 0.383 e. The van der Waals surface area contributed by atoms with Crippen molar-refractivity contribution < 1.29 is 14.1 Å². The minimum Gasteiger partial charge on any atom is -0.383 e. The normalized spacial score (nSPS) is 11.4. The van der Waals surface area contributed by atoms with Crippen LogP contribution >= 0.6 is 0 Å². The summed E-state index contributed by atoms with van der Waals surface area (Å²) < 4.78 is 6.97. The van der Waals surface area contributed by atoms with E-state index in [-0.39, 0.29) is 17.1 Å². The molecule has 0 spiro atoms. The molecular weight excluding hydrogens is 510 g/mol. The summed E-state index contributed by atoms with van der Waals surface area (Å²) >= 11 is 0. The number of nitrogen functional groups attached to an aromatic ring is 1. The molecule has 12 heteroatoms. The molecular formula is C28H29N9O3. The number of anilines is 3. The van der Waals surface area contributed by atoms with Crippen molar-refractivity contribution in [3.8, 4) is 16.9 Å². The van der Waals surface area contributed by atoms with Gasteiger partial charge in [-0.25, -0.2) is 19.4 Å². The average molecular weight is 540 g/mol. The molecule has 0 aliphatic carbocycles. The molecule has 0 aliphatic rings. The molecule has 204 valence electrons. The van der Waals surface area contributed by atoms with Gasteiger partial charge in [-0.05, 0) is 36.4 Å². The van der Waals surface area contributed by atoms with Crippen LogP contribution in [0.5, 0.6) is 0 Å². The van der Waals surface area contributed by atoms with Gasteiger partial charge in [0.25, 0.3) is 5.91 Å². The van der Waals surface area contributed by atoms with Gasteiger partial charge in [-0.2, -0.15) is 5.10 Å². The third-order valence-corrected chi connectivity index (χ3v) is 6.17. The first-order valence-corrected chi connectivity index (χ1v) is 12.5. The predicted octanol–water partition coefficient (Wildman–Crippen LogP) is 4.70. The molecule has 0 bridgehead atoms. The van der Waals surface area contributed by atoms with Crippen LogP contribution in [-0.4, -0.2) is 55.8 Å². The molecule has 3 amide bonds. The average Bonchev–Trinajstić information content (AvgIpc) is 3.55. The Kier molecular flexibility index (Phi) is 6.68. The number of nitrogens with zero attached hydrogens (tertiary/aromatic N) is 6. The summed E-state index contributed by atoms with van der Waals surface area (Å²) in [5.74, 6) is 1.19. The number of nitrogens with one attached hydrogen (secondary N) is 2. The molecule has 2 aromatic carbocycles. The van der Waals surface area contributed by atoms with Crippen molar-refractivity contribution in [1.82, 2.24) is 29.8 Å². The molecule has 5 aromatic rings. The van der Waals surface area contributed by atoms with Crippen LogP contribution in [0.15, 0.2) is 65.4 Å². The second-order valence-electron chi connectivity index (χ2n) is 10.4. The van der Waals surface area contributed by atoms with Crippen LogP contribution in [0.3, 0.4) is 0 Å². The zero-order valence-electron chi connectivity index (χ0n) is 22.8. The molecule has 0 saturated carbocycles. The molecule has 0 atom stereocenters. The highest BCUT2D eigenvalue weighted by Crippen LogP contribution is 2.32. The summed E-state index contributed by atoms with van der Waals surface area (Å²) in [5, 5.41) is 14.7. The van der Waals surface area contributed by atoms with Crippen LogP contribution < -0.4 is 16.4 Å². The van der Waals surface area contributed by atoms with Crippen LogP contribution in [-0.2, 0) is 5.41 Å².